The lowest BCUT2D eigenvalue weighted by Crippen LogP contribution is -2.26. The van der Waals surface area contributed by atoms with Crippen molar-refractivity contribution in [3.63, 3.8) is 0 Å². The Morgan fingerprint density at radius 3 is 2.43 bits per heavy atom. The Hall–Kier alpha value is -2.04. The van der Waals surface area contributed by atoms with Crippen molar-refractivity contribution < 1.29 is 19.1 Å². The number of hydrogen-bond donors (Lipinski definition) is 1. The van der Waals surface area contributed by atoms with E-state index in [1.165, 1.54) is 6.92 Å². The molecule has 0 saturated carbocycles. The fourth-order valence-corrected chi connectivity index (χ4v) is 2.05. The van der Waals surface area contributed by atoms with Crippen LogP contribution in [0.25, 0.3) is 0 Å². The van der Waals surface area contributed by atoms with Crippen molar-refractivity contribution in [3.8, 4) is 5.75 Å². The molecule has 0 aromatic heterocycles. The van der Waals surface area contributed by atoms with E-state index in [0.717, 1.165) is 11.3 Å². The maximum Gasteiger partial charge on any atom is 0.305 e. The Labute approximate surface area is 125 Å². The van der Waals surface area contributed by atoms with Crippen LogP contribution in [0.1, 0.15) is 38.2 Å². The first kappa shape index (κ1) is 17.0. The van der Waals surface area contributed by atoms with Gasteiger partial charge in [-0.3, -0.25) is 9.59 Å². The minimum absolute atomic E-state index is 0.0733. The number of carbonyl (C=O) groups is 2. The van der Waals surface area contributed by atoms with E-state index in [-0.39, 0.29) is 17.8 Å². The number of ether oxygens (including phenoxy) is 2. The molecule has 5 heteroatoms. The Morgan fingerprint density at radius 2 is 1.90 bits per heavy atom. The second kappa shape index (κ2) is 9.00. The molecule has 0 spiro atoms. The van der Waals surface area contributed by atoms with Crippen molar-refractivity contribution in [1.29, 1.82) is 0 Å². The Bertz CT molecular complexity index is 456. The molecule has 0 radical (unpaired) electrons. The first-order valence-electron chi connectivity index (χ1n) is 7.10. The topological polar surface area (TPSA) is 64.6 Å². The molecule has 1 rings (SSSR count). The van der Waals surface area contributed by atoms with Gasteiger partial charge in [-0.2, -0.15) is 0 Å². The van der Waals surface area contributed by atoms with Crippen LogP contribution in [0, 0.1) is 0 Å². The lowest BCUT2D eigenvalue weighted by molar-refractivity contribution is -0.143. The molecule has 1 unspecified atom stereocenters. The fraction of sp³-hybridized carbons (Fsp3) is 0.500. The smallest absolute Gasteiger partial charge is 0.305 e. The highest BCUT2D eigenvalue weighted by Gasteiger charge is 2.15. The number of methoxy groups -OCH3 is 1. The van der Waals surface area contributed by atoms with Crippen molar-refractivity contribution in [2.45, 2.75) is 32.6 Å². The SMILES string of the molecule is CCOC(=O)CCC(CNC(C)=O)c1ccc(OC)cc1. The standard InChI is InChI=1S/C16H23NO4/c1-4-21-16(19)10-7-14(11-17-12(2)18)13-5-8-15(20-3)9-6-13/h5-6,8-9,14H,4,7,10-11H2,1-3H3,(H,17,18). The van der Waals surface area contributed by atoms with Gasteiger partial charge in [0.05, 0.1) is 13.7 Å². The third-order valence-corrected chi connectivity index (χ3v) is 3.19. The van der Waals surface area contributed by atoms with Crippen molar-refractivity contribution in [3.05, 3.63) is 29.8 Å². The zero-order valence-corrected chi connectivity index (χ0v) is 12.8. The summed E-state index contributed by atoms with van der Waals surface area (Å²) in [6.07, 6.45) is 0.968. The van der Waals surface area contributed by atoms with Crippen LogP contribution < -0.4 is 10.1 Å². The van der Waals surface area contributed by atoms with Gasteiger partial charge < -0.3 is 14.8 Å². The second-order valence-corrected chi connectivity index (χ2v) is 4.75. The summed E-state index contributed by atoms with van der Waals surface area (Å²) in [5, 5.41) is 2.81. The van der Waals surface area contributed by atoms with Crippen molar-refractivity contribution >= 4 is 11.9 Å². The molecule has 0 fully saturated rings. The Balaban J connectivity index is 2.70. The van der Waals surface area contributed by atoms with Crippen LogP contribution in [-0.2, 0) is 14.3 Å². The molecule has 0 aliphatic rings. The summed E-state index contributed by atoms with van der Waals surface area (Å²) >= 11 is 0. The molecular formula is C16H23NO4. The van der Waals surface area contributed by atoms with E-state index in [9.17, 15) is 9.59 Å². The van der Waals surface area contributed by atoms with Gasteiger partial charge in [-0.1, -0.05) is 12.1 Å². The predicted octanol–water partition coefficient (Wildman–Crippen LogP) is 2.26. The highest BCUT2D eigenvalue weighted by molar-refractivity contribution is 5.73. The first-order chi connectivity index (χ1) is 10.1. The van der Waals surface area contributed by atoms with E-state index in [1.54, 1.807) is 14.0 Å². The fourth-order valence-electron chi connectivity index (χ4n) is 2.05. The summed E-state index contributed by atoms with van der Waals surface area (Å²) < 4.78 is 10.1. The van der Waals surface area contributed by atoms with Crippen LogP contribution in [0.4, 0.5) is 0 Å². The van der Waals surface area contributed by atoms with Crippen LogP contribution in [0.15, 0.2) is 24.3 Å². The van der Waals surface area contributed by atoms with Crippen molar-refractivity contribution in [1.82, 2.24) is 5.32 Å². The van der Waals surface area contributed by atoms with E-state index in [4.69, 9.17) is 9.47 Å². The number of hydrogen-bond acceptors (Lipinski definition) is 4. The van der Waals surface area contributed by atoms with Gasteiger partial charge in [-0.25, -0.2) is 0 Å². The van der Waals surface area contributed by atoms with Gasteiger partial charge in [0.2, 0.25) is 5.91 Å². The molecule has 1 N–H and O–H groups in total. The molecule has 0 saturated heterocycles. The van der Waals surface area contributed by atoms with E-state index in [1.807, 2.05) is 24.3 Å². The highest BCUT2D eigenvalue weighted by atomic mass is 16.5. The number of amides is 1. The lowest BCUT2D eigenvalue weighted by atomic mass is 9.94. The van der Waals surface area contributed by atoms with Crippen LogP contribution in [0.2, 0.25) is 0 Å². The van der Waals surface area contributed by atoms with Crippen molar-refractivity contribution in [2.75, 3.05) is 20.3 Å². The summed E-state index contributed by atoms with van der Waals surface area (Å²) in [5.74, 6) is 0.565. The van der Waals surface area contributed by atoms with Crippen LogP contribution in [0.5, 0.6) is 5.75 Å². The maximum absolute atomic E-state index is 11.5. The molecule has 1 aromatic rings. The van der Waals surface area contributed by atoms with Gasteiger partial charge >= 0.3 is 5.97 Å². The van der Waals surface area contributed by atoms with Gasteiger partial charge in [0, 0.05) is 25.8 Å². The van der Waals surface area contributed by atoms with Crippen molar-refractivity contribution in [2.24, 2.45) is 0 Å². The second-order valence-electron chi connectivity index (χ2n) is 4.75. The average molecular weight is 293 g/mol. The molecule has 0 aliphatic heterocycles. The third kappa shape index (κ3) is 6.29. The van der Waals surface area contributed by atoms with Crippen LogP contribution in [0.3, 0.4) is 0 Å². The molecule has 1 amide bonds. The van der Waals surface area contributed by atoms with E-state index < -0.39 is 0 Å². The Kier molecular flexibility index (Phi) is 7.29. The molecule has 0 bridgehead atoms. The molecular weight excluding hydrogens is 270 g/mol. The minimum atomic E-state index is -0.209. The van der Waals surface area contributed by atoms with Gasteiger partial charge in [0.15, 0.2) is 0 Å². The summed E-state index contributed by atoms with van der Waals surface area (Å²) in [4.78, 5) is 22.6. The molecule has 0 aliphatic carbocycles. The monoisotopic (exact) mass is 293 g/mol. The van der Waals surface area contributed by atoms with Crippen LogP contribution >= 0.6 is 0 Å². The molecule has 0 heterocycles. The number of benzene rings is 1. The largest absolute Gasteiger partial charge is 0.497 e. The highest BCUT2D eigenvalue weighted by Crippen LogP contribution is 2.23. The van der Waals surface area contributed by atoms with Gasteiger partial charge in [0.1, 0.15) is 5.75 Å². The summed E-state index contributed by atoms with van der Waals surface area (Å²) in [5.41, 5.74) is 1.06. The number of rotatable bonds is 8. The van der Waals surface area contributed by atoms with Gasteiger partial charge in [-0.15, -0.1) is 0 Å². The summed E-state index contributed by atoms with van der Waals surface area (Å²) in [6.45, 7) is 4.16. The number of nitrogens with one attached hydrogen (secondary N) is 1. The average Bonchev–Trinajstić information content (AvgIpc) is 2.47. The molecule has 1 atom stereocenters. The van der Waals surface area contributed by atoms with E-state index >= 15 is 0 Å². The normalized spacial score (nSPS) is 11.6. The number of esters is 1. The molecule has 21 heavy (non-hydrogen) atoms. The molecule has 116 valence electrons. The van der Waals surface area contributed by atoms with Gasteiger partial charge in [-0.05, 0) is 31.0 Å². The first-order valence-corrected chi connectivity index (χ1v) is 7.10. The zero-order valence-electron chi connectivity index (χ0n) is 12.8. The third-order valence-electron chi connectivity index (χ3n) is 3.19. The Morgan fingerprint density at radius 1 is 1.24 bits per heavy atom. The summed E-state index contributed by atoms with van der Waals surface area (Å²) in [6, 6.07) is 7.66. The van der Waals surface area contributed by atoms with Gasteiger partial charge in [0.25, 0.3) is 0 Å². The molecule has 5 nitrogen and oxygen atoms in total. The van der Waals surface area contributed by atoms with E-state index in [0.29, 0.717) is 26.0 Å². The van der Waals surface area contributed by atoms with E-state index in [2.05, 4.69) is 5.32 Å². The number of carbonyl (C=O) groups excluding carboxylic acids is 2. The lowest BCUT2D eigenvalue weighted by Gasteiger charge is -2.17. The molecule has 1 aromatic carbocycles. The quantitative estimate of drug-likeness (QED) is 0.747. The summed E-state index contributed by atoms with van der Waals surface area (Å²) in [7, 11) is 1.62. The predicted molar refractivity (Wildman–Crippen MR) is 80.3 cm³/mol. The van der Waals surface area contributed by atoms with Crippen LogP contribution in [-0.4, -0.2) is 32.1 Å². The minimum Gasteiger partial charge on any atom is -0.497 e. The maximum atomic E-state index is 11.5. The zero-order chi connectivity index (χ0) is 15.7.